The molecule has 1 aromatic heterocycles. The first kappa shape index (κ1) is 18.1. The molecule has 0 atom stereocenters. The molecule has 0 spiro atoms. The van der Waals surface area contributed by atoms with E-state index in [4.69, 9.17) is 5.11 Å². The first-order valence-electron chi connectivity index (χ1n) is 7.97. The molecule has 0 fully saturated rings. The van der Waals surface area contributed by atoms with Crippen LogP contribution in [0.15, 0.2) is 59.8 Å². The second-order valence-electron chi connectivity index (χ2n) is 5.32. The van der Waals surface area contributed by atoms with E-state index in [1.807, 2.05) is 30.3 Å². The first-order valence-corrected chi connectivity index (χ1v) is 8.95. The normalized spacial score (nSPS) is 10.7. The molecule has 0 aliphatic heterocycles. The minimum Gasteiger partial charge on any atom is -0.395 e. The van der Waals surface area contributed by atoms with E-state index >= 15 is 0 Å². The van der Waals surface area contributed by atoms with Gasteiger partial charge in [0.15, 0.2) is 11.0 Å². The summed E-state index contributed by atoms with van der Waals surface area (Å²) in [4.78, 5) is 11.8. The summed E-state index contributed by atoms with van der Waals surface area (Å²) < 4.78 is 16.0. The fourth-order valence-corrected chi connectivity index (χ4v) is 3.15. The number of nitrogens with one attached hydrogen (secondary N) is 1. The summed E-state index contributed by atoms with van der Waals surface area (Å²) in [7, 11) is 0. The molecule has 3 aromatic rings. The second-order valence-corrected chi connectivity index (χ2v) is 6.26. The van der Waals surface area contributed by atoms with Crippen LogP contribution in [0.5, 0.6) is 0 Å². The molecule has 8 heteroatoms. The molecule has 2 N–H and O–H groups in total. The first-order chi connectivity index (χ1) is 12.7. The topological polar surface area (TPSA) is 80.0 Å². The van der Waals surface area contributed by atoms with Crippen LogP contribution in [0.4, 0.5) is 4.39 Å². The molecule has 134 valence electrons. The molecular weight excluding hydrogens is 355 g/mol. The molecule has 0 aliphatic rings. The summed E-state index contributed by atoms with van der Waals surface area (Å²) in [6.07, 6.45) is 0. The van der Waals surface area contributed by atoms with Gasteiger partial charge in [0.1, 0.15) is 5.82 Å². The smallest absolute Gasteiger partial charge is 0.230 e. The molecule has 0 saturated carbocycles. The van der Waals surface area contributed by atoms with Gasteiger partial charge in [-0.25, -0.2) is 4.39 Å². The van der Waals surface area contributed by atoms with Crippen molar-refractivity contribution in [1.29, 1.82) is 0 Å². The molecule has 0 bridgehead atoms. The van der Waals surface area contributed by atoms with Crippen LogP contribution < -0.4 is 5.32 Å². The maximum absolute atomic E-state index is 14.3. The van der Waals surface area contributed by atoms with Gasteiger partial charge >= 0.3 is 0 Å². The van der Waals surface area contributed by atoms with Crippen LogP contribution in [-0.4, -0.2) is 44.7 Å². The number of amides is 1. The minimum absolute atomic E-state index is 0.113. The molecular formula is C18H17FN4O2S. The molecule has 1 heterocycles. The minimum atomic E-state index is -0.394. The largest absolute Gasteiger partial charge is 0.395 e. The Kier molecular flexibility index (Phi) is 5.98. The van der Waals surface area contributed by atoms with Crippen LogP contribution in [0.2, 0.25) is 0 Å². The highest BCUT2D eigenvalue weighted by atomic mass is 32.2. The van der Waals surface area contributed by atoms with Crippen LogP contribution in [0.3, 0.4) is 0 Å². The van der Waals surface area contributed by atoms with E-state index in [1.54, 1.807) is 22.8 Å². The fraction of sp³-hybridized carbons (Fsp3) is 0.167. The third kappa shape index (κ3) is 4.09. The highest BCUT2D eigenvalue weighted by Gasteiger charge is 2.19. The quantitative estimate of drug-likeness (QED) is 0.622. The SMILES string of the molecule is O=C(CSc1nnc(-c2ccccc2F)n1-c1ccccc1)NCCO. The lowest BCUT2D eigenvalue weighted by Gasteiger charge is -2.10. The zero-order valence-electron chi connectivity index (χ0n) is 13.8. The number of carbonyl (C=O) groups is 1. The lowest BCUT2D eigenvalue weighted by atomic mass is 10.2. The number of thioether (sulfide) groups is 1. The van der Waals surface area contributed by atoms with Gasteiger partial charge in [-0.1, -0.05) is 42.1 Å². The Bertz CT molecular complexity index is 886. The number of rotatable bonds is 7. The number of aliphatic hydroxyl groups excluding tert-OH is 1. The number of hydrogen-bond donors (Lipinski definition) is 2. The Balaban J connectivity index is 1.96. The molecule has 3 rings (SSSR count). The number of halogens is 1. The molecule has 2 aromatic carbocycles. The monoisotopic (exact) mass is 372 g/mol. The summed E-state index contributed by atoms with van der Waals surface area (Å²) in [5.41, 5.74) is 1.11. The van der Waals surface area contributed by atoms with Gasteiger partial charge in [-0.15, -0.1) is 10.2 Å². The lowest BCUT2D eigenvalue weighted by Crippen LogP contribution is -2.28. The van der Waals surface area contributed by atoms with E-state index in [-0.39, 0.29) is 24.8 Å². The Hall–Kier alpha value is -2.71. The molecule has 1 amide bonds. The van der Waals surface area contributed by atoms with Gasteiger partial charge in [-0.3, -0.25) is 9.36 Å². The van der Waals surface area contributed by atoms with Gasteiger partial charge in [0.25, 0.3) is 0 Å². The van der Waals surface area contributed by atoms with Crippen molar-refractivity contribution in [2.24, 2.45) is 0 Å². The standard InChI is InChI=1S/C18H17FN4O2S/c19-15-9-5-4-8-14(15)17-21-22-18(26-12-16(25)20-10-11-24)23(17)13-6-2-1-3-7-13/h1-9,24H,10-12H2,(H,20,25). The van der Waals surface area contributed by atoms with Gasteiger partial charge < -0.3 is 10.4 Å². The molecule has 26 heavy (non-hydrogen) atoms. The van der Waals surface area contributed by atoms with Crippen LogP contribution >= 0.6 is 11.8 Å². The van der Waals surface area contributed by atoms with E-state index in [2.05, 4.69) is 15.5 Å². The highest BCUT2D eigenvalue weighted by molar-refractivity contribution is 7.99. The second kappa shape index (κ2) is 8.59. The van der Waals surface area contributed by atoms with E-state index in [9.17, 15) is 9.18 Å². The van der Waals surface area contributed by atoms with E-state index in [0.717, 1.165) is 5.69 Å². The molecule has 0 unspecified atom stereocenters. The summed E-state index contributed by atoms with van der Waals surface area (Å²) >= 11 is 1.20. The van der Waals surface area contributed by atoms with Crippen LogP contribution in [0.25, 0.3) is 17.1 Å². The Morgan fingerprint density at radius 1 is 1.12 bits per heavy atom. The maximum Gasteiger partial charge on any atom is 0.230 e. The molecule has 0 aliphatic carbocycles. The van der Waals surface area contributed by atoms with Crippen molar-refractivity contribution in [1.82, 2.24) is 20.1 Å². The van der Waals surface area contributed by atoms with Gasteiger partial charge in [0.2, 0.25) is 5.91 Å². The molecule has 6 nitrogen and oxygen atoms in total. The van der Waals surface area contributed by atoms with Crippen molar-refractivity contribution in [3.63, 3.8) is 0 Å². The Morgan fingerprint density at radius 3 is 2.58 bits per heavy atom. The number of nitrogens with zero attached hydrogens (tertiary/aromatic N) is 3. The summed E-state index contributed by atoms with van der Waals surface area (Å²) in [6.45, 7) is 0.0826. The summed E-state index contributed by atoms with van der Waals surface area (Å²) in [5.74, 6) is -0.136. The van der Waals surface area contributed by atoms with Crippen molar-refractivity contribution in [3.05, 3.63) is 60.4 Å². The number of aliphatic hydroxyl groups is 1. The predicted molar refractivity (Wildman–Crippen MR) is 97.6 cm³/mol. The zero-order chi connectivity index (χ0) is 18.4. The third-order valence-corrected chi connectivity index (χ3v) is 4.46. The van der Waals surface area contributed by atoms with Crippen LogP contribution in [0, 0.1) is 5.82 Å². The number of carbonyl (C=O) groups excluding carboxylic acids is 1. The Morgan fingerprint density at radius 2 is 1.85 bits per heavy atom. The molecule has 0 saturated heterocycles. The number of aromatic nitrogens is 3. The van der Waals surface area contributed by atoms with Crippen molar-refractivity contribution < 1.29 is 14.3 Å². The van der Waals surface area contributed by atoms with E-state index < -0.39 is 5.82 Å². The lowest BCUT2D eigenvalue weighted by molar-refractivity contribution is -0.118. The number of hydrogen-bond acceptors (Lipinski definition) is 5. The fourth-order valence-electron chi connectivity index (χ4n) is 2.37. The van der Waals surface area contributed by atoms with Crippen molar-refractivity contribution in [3.8, 4) is 17.1 Å². The predicted octanol–water partition coefficient (Wildman–Crippen LogP) is 2.27. The van der Waals surface area contributed by atoms with E-state index in [1.165, 1.54) is 17.8 Å². The van der Waals surface area contributed by atoms with Crippen LogP contribution in [0.1, 0.15) is 0 Å². The van der Waals surface area contributed by atoms with Crippen molar-refractivity contribution in [2.75, 3.05) is 18.9 Å². The summed E-state index contributed by atoms with van der Waals surface area (Å²) in [5, 5.41) is 20.1. The van der Waals surface area contributed by atoms with Gasteiger partial charge in [-0.05, 0) is 24.3 Å². The third-order valence-electron chi connectivity index (χ3n) is 3.53. The van der Waals surface area contributed by atoms with Gasteiger partial charge in [-0.2, -0.15) is 0 Å². The Labute approximate surface area is 154 Å². The summed E-state index contributed by atoms with van der Waals surface area (Å²) in [6, 6.07) is 15.7. The highest BCUT2D eigenvalue weighted by Crippen LogP contribution is 2.29. The van der Waals surface area contributed by atoms with E-state index in [0.29, 0.717) is 16.5 Å². The van der Waals surface area contributed by atoms with Crippen molar-refractivity contribution >= 4 is 17.7 Å². The van der Waals surface area contributed by atoms with Crippen LogP contribution in [-0.2, 0) is 4.79 Å². The molecule has 0 radical (unpaired) electrons. The average molecular weight is 372 g/mol. The number of benzene rings is 2. The van der Waals surface area contributed by atoms with Gasteiger partial charge in [0.05, 0.1) is 17.9 Å². The zero-order valence-corrected chi connectivity index (χ0v) is 14.6. The van der Waals surface area contributed by atoms with Crippen molar-refractivity contribution in [2.45, 2.75) is 5.16 Å². The maximum atomic E-state index is 14.3. The van der Waals surface area contributed by atoms with Gasteiger partial charge in [0, 0.05) is 12.2 Å². The number of para-hydroxylation sites is 1. The average Bonchev–Trinajstić information content (AvgIpc) is 3.09.